The number of aliphatic hydroxyl groups is 1. The molecule has 0 aliphatic heterocycles. The molecule has 0 aliphatic rings. The summed E-state index contributed by atoms with van der Waals surface area (Å²) in [4.78, 5) is 21.3. The topological polar surface area (TPSA) is 74.6 Å². The molecule has 0 amide bonds. The summed E-state index contributed by atoms with van der Waals surface area (Å²) in [6.07, 6.45) is 15.6. The molecule has 0 spiro atoms. The van der Waals surface area contributed by atoms with Crippen LogP contribution in [-0.2, 0) is 9.59 Å². The summed E-state index contributed by atoms with van der Waals surface area (Å²) in [5.74, 6) is -0.738. The summed E-state index contributed by atoms with van der Waals surface area (Å²) >= 11 is 0. The average molecular weight is 308 g/mol. The molecule has 0 saturated heterocycles. The smallest absolute Gasteiger partial charge is 0.303 e. The molecular formula is C18H28O4. The number of aldehydes is 1. The number of hydrogen-bond acceptors (Lipinski definition) is 3. The third kappa shape index (κ3) is 13.3. The first-order valence-corrected chi connectivity index (χ1v) is 7.99. The van der Waals surface area contributed by atoms with Crippen molar-refractivity contribution in [2.75, 3.05) is 0 Å². The minimum atomic E-state index is -0.738. The van der Waals surface area contributed by atoms with E-state index in [0.29, 0.717) is 6.42 Å². The largest absolute Gasteiger partial charge is 0.481 e. The molecule has 4 heteroatoms. The van der Waals surface area contributed by atoms with Crippen LogP contribution in [0.1, 0.15) is 58.3 Å². The Balaban J connectivity index is 3.84. The SMILES string of the molecule is CCC(O)C=CC=CC=C(C=O)CCCCCCCC(=O)O. The van der Waals surface area contributed by atoms with Gasteiger partial charge in [-0.05, 0) is 31.3 Å². The number of aliphatic hydroxyl groups excluding tert-OH is 1. The van der Waals surface area contributed by atoms with Crippen LogP contribution in [-0.4, -0.2) is 28.6 Å². The number of carbonyl (C=O) groups is 2. The Bertz CT molecular complexity index is 394. The molecule has 0 bridgehead atoms. The number of carboxylic acids is 1. The first-order chi connectivity index (χ1) is 10.6. The van der Waals surface area contributed by atoms with Gasteiger partial charge in [-0.1, -0.05) is 56.6 Å². The van der Waals surface area contributed by atoms with Gasteiger partial charge in [0.05, 0.1) is 6.10 Å². The van der Waals surface area contributed by atoms with Crippen LogP contribution in [0.4, 0.5) is 0 Å². The van der Waals surface area contributed by atoms with Crippen molar-refractivity contribution in [3.8, 4) is 0 Å². The Morgan fingerprint density at radius 2 is 1.64 bits per heavy atom. The second kappa shape index (κ2) is 14.3. The van der Waals surface area contributed by atoms with E-state index in [0.717, 1.165) is 50.4 Å². The zero-order chi connectivity index (χ0) is 16.6. The van der Waals surface area contributed by atoms with Crippen molar-refractivity contribution < 1.29 is 19.8 Å². The van der Waals surface area contributed by atoms with Crippen LogP contribution in [0.3, 0.4) is 0 Å². The molecule has 0 aliphatic carbocycles. The van der Waals surface area contributed by atoms with Gasteiger partial charge >= 0.3 is 5.97 Å². The minimum absolute atomic E-state index is 0.241. The maximum atomic E-state index is 10.9. The Morgan fingerprint density at radius 3 is 2.23 bits per heavy atom. The molecule has 0 radical (unpaired) electrons. The maximum absolute atomic E-state index is 10.9. The van der Waals surface area contributed by atoms with Crippen molar-refractivity contribution in [3.63, 3.8) is 0 Å². The van der Waals surface area contributed by atoms with Crippen LogP contribution in [0.5, 0.6) is 0 Å². The normalized spacial score (nSPS) is 13.8. The molecule has 1 atom stereocenters. The van der Waals surface area contributed by atoms with Gasteiger partial charge in [0.15, 0.2) is 0 Å². The first-order valence-electron chi connectivity index (χ1n) is 7.99. The molecule has 0 rings (SSSR count). The molecule has 4 nitrogen and oxygen atoms in total. The second-order valence-corrected chi connectivity index (χ2v) is 5.27. The summed E-state index contributed by atoms with van der Waals surface area (Å²) < 4.78 is 0. The molecule has 1 unspecified atom stereocenters. The third-order valence-electron chi connectivity index (χ3n) is 3.29. The van der Waals surface area contributed by atoms with Gasteiger partial charge in [-0.15, -0.1) is 0 Å². The molecule has 22 heavy (non-hydrogen) atoms. The lowest BCUT2D eigenvalue weighted by Crippen LogP contribution is -1.97. The average Bonchev–Trinajstić information content (AvgIpc) is 2.50. The van der Waals surface area contributed by atoms with Crippen LogP contribution in [0.2, 0.25) is 0 Å². The fourth-order valence-electron chi connectivity index (χ4n) is 1.89. The molecule has 0 aromatic carbocycles. The highest BCUT2D eigenvalue weighted by molar-refractivity contribution is 5.73. The number of unbranched alkanes of at least 4 members (excludes halogenated alkanes) is 4. The minimum Gasteiger partial charge on any atom is -0.481 e. The van der Waals surface area contributed by atoms with Crippen molar-refractivity contribution in [1.82, 2.24) is 0 Å². The molecule has 0 saturated carbocycles. The molecular weight excluding hydrogens is 280 g/mol. The Kier molecular flexibility index (Phi) is 13.2. The zero-order valence-corrected chi connectivity index (χ0v) is 13.4. The molecule has 0 fully saturated rings. The third-order valence-corrected chi connectivity index (χ3v) is 3.29. The van der Waals surface area contributed by atoms with E-state index in [1.54, 1.807) is 30.4 Å². The lowest BCUT2D eigenvalue weighted by molar-refractivity contribution is -0.137. The fraction of sp³-hybridized carbons (Fsp3) is 0.556. The van der Waals surface area contributed by atoms with Crippen molar-refractivity contribution in [2.45, 2.75) is 64.4 Å². The Morgan fingerprint density at radius 1 is 1.00 bits per heavy atom. The number of carbonyl (C=O) groups excluding carboxylic acids is 1. The van der Waals surface area contributed by atoms with Gasteiger partial charge in [-0.2, -0.15) is 0 Å². The molecule has 0 aromatic rings. The van der Waals surface area contributed by atoms with Crippen LogP contribution >= 0.6 is 0 Å². The van der Waals surface area contributed by atoms with Gasteiger partial charge in [0.1, 0.15) is 6.29 Å². The summed E-state index contributed by atoms with van der Waals surface area (Å²) in [7, 11) is 0. The van der Waals surface area contributed by atoms with Crippen molar-refractivity contribution in [3.05, 3.63) is 36.0 Å². The van der Waals surface area contributed by atoms with Crippen LogP contribution < -0.4 is 0 Å². The summed E-state index contributed by atoms with van der Waals surface area (Å²) in [6.45, 7) is 1.91. The molecule has 2 N–H and O–H groups in total. The number of aliphatic carboxylic acids is 1. The van der Waals surface area contributed by atoms with Gasteiger partial charge in [-0.3, -0.25) is 9.59 Å². The van der Waals surface area contributed by atoms with E-state index < -0.39 is 12.1 Å². The van der Waals surface area contributed by atoms with Crippen molar-refractivity contribution in [1.29, 1.82) is 0 Å². The highest BCUT2D eigenvalue weighted by Crippen LogP contribution is 2.11. The standard InChI is InChI=1S/C18H28O4/c1-2-17(20)13-9-6-8-12-16(15-19)11-7-4-3-5-10-14-18(21)22/h6,8-9,12-13,15,17,20H,2-5,7,10-11,14H2,1H3,(H,21,22). The quantitative estimate of drug-likeness (QED) is 0.235. The van der Waals surface area contributed by atoms with E-state index in [9.17, 15) is 14.7 Å². The van der Waals surface area contributed by atoms with Gasteiger partial charge < -0.3 is 10.2 Å². The number of carboxylic acid groups (broad SMARTS) is 1. The van der Waals surface area contributed by atoms with Crippen molar-refractivity contribution in [2.24, 2.45) is 0 Å². The first kappa shape index (κ1) is 20.3. The van der Waals surface area contributed by atoms with Crippen LogP contribution in [0, 0.1) is 0 Å². The van der Waals surface area contributed by atoms with Crippen LogP contribution in [0.15, 0.2) is 36.0 Å². The second-order valence-electron chi connectivity index (χ2n) is 5.27. The zero-order valence-electron chi connectivity index (χ0n) is 13.4. The van der Waals surface area contributed by atoms with Gasteiger partial charge in [-0.25, -0.2) is 0 Å². The highest BCUT2D eigenvalue weighted by Gasteiger charge is 1.98. The van der Waals surface area contributed by atoms with E-state index in [2.05, 4.69) is 0 Å². The van der Waals surface area contributed by atoms with Gasteiger partial charge in [0.25, 0.3) is 0 Å². The molecule has 0 aromatic heterocycles. The van der Waals surface area contributed by atoms with Crippen molar-refractivity contribution >= 4 is 12.3 Å². The Hall–Kier alpha value is -1.68. The van der Waals surface area contributed by atoms with E-state index in [1.165, 1.54) is 0 Å². The fourth-order valence-corrected chi connectivity index (χ4v) is 1.89. The number of hydrogen-bond donors (Lipinski definition) is 2. The number of allylic oxidation sites excluding steroid dienone is 5. The molecule has 124 valence electrons. The maximum Gasteiger partial charge on any atom is 0.303 e. The van der Waals surface area contributed by atoms with Gasteiger partial charge in [0, 0.05) is 6.42 Å². The predicted octanol–water partition coefficient (Wildman–Crippen LogP) is 3.81. The summed E-state index contributed by atoms with van der Waals surface area (Å²) in [5.41, 5.74) is 0.756. The van der Waals surface area contributed by atoms with E-state index in [-0.39, 0.29) is 6.42 Å². The van der Waals surface area contributed by atoms with E-state index >= 15 is 0 Å². The van der Waals surface area contributed by atoms with E-state index in [4.69, 9.17) is 5.11 Å². The summed E-state index contributed by atoms with van der Waals surface area (Å²) in [6, 6.07) is 0. The molecule has 0 heterocycles. The highest BCUT2D eigenvalue weighted by atomic mass is 16.4. The van der Waals surface area contributed by atoms with Gasteiger partial charge in [0.2, 0.25) is 0 Å². The monoisotopic (exact) mass is 308 g/mol. The lowest BCUT2D eigenvalue weighted by Gasteiger charge is -2.00. The Labute approximate surface area is 133 Å². The predicted molar refractivity (Wildman–Crippen MR) is 88.7 cm³/mol. The summed E-state index contributed by atoms with van der Waals surface area (Å²) in [5, 5.41) is 17.8. The number of rotatable bonds is 13. The van der Waals surface area contributed by atoms with Crippen LogP contribution in [0.25, 0.3) is 0 Å². The lowest BCUT2D eigenvalue weighted by atomic mass is 10.1. The van der Waals surface area contributed by atoms with E-state index in [1.807, 2.05) is 6.92 Å².